The largest absolute Gasteiger partial charge is 0.497 e. The standard InChI is InChI=1S/C14H18N2OS/c1-17-11-5-6-12-13(9-11)18-14(16-12)15-8-7-10-3-2-4-10/h5-6,9-10H,2-4,7-8H2,1H3,(H,15,16). The monoisotopic (exact) mass is 262 g/mol. The number of rotatable bonds is 5. The molecule has 0 amide bonds. The number of hydrogen-bond donors (Lipinski definition) is 1. The fourth-order valence-corrected chi connectivity index (χ4v) is 3.19. The highest BCUT2D eigenvalue weighted by Gasteiger charge is 2.16. The molecule has 3 nitrogen and oxygen atoms in total. The first-order chi connectivity index (χ1) is 8.85. The normalized spacial score (nSPS) is 15.6. The summed E-state index contributed by atoms with van der Waals surface area (Å²) in [6, 6.07) is 6.02. The minimum atomic E-state index is 0.896. The van der Waals surface area contributed by atoms with Crippen molar-refractivity contribution >= 4 is 26.7 Å². The van der Waals surface area contributed by atoms with Crippen molar-refractivity contribution in [1.82, 2.24) is 4.98 Å². The molecule has 3 rings (SSSR count). The molecule has 0 aliphatic heterocycles. The Labute approximate surface area is 111 Å². The summed E-state index contributed by atoms with van der Waals surface area (Å²) in [5, 5.41) is 4.46. The number of benzene rings is 1. The van der Waals surface area contributed by atoms with E-state index in [1.807, 2.05) is 18.2 Å². The van der Waals surface area contributed by atoms with Crippen molar-refractivity contribution in [3.63, 3.8) is 0 Å². The van der Waals surface area contributed by atoms with Crippen LogP contribution < -0.4 is 10.1 Å². The van der Waals surface area contributed by atoms with Crippen LogP contribution >= 0.6 is 11.3 Å². The molecule has 1 N–H and O–H groups in total. The highest BCUT2D eigenvalue weighted by molar-refractivity contribution is 7.22. The molecule has 1 aromatic carbocycles. The Morgan fingerprint density at radius 2 is 2.33 bits per heavy atom. The summed E-state index contributed by atoms with van der Waals surface area (Å²) in [7, 11) is 1.69. The van der Waals surface area contributed by atoms with E-state index in [0.717, 1.165) is 28.9 Å². The summed E-state index contributed by atoms with van der Waals surface area (Å²) < 4.78 is 6.41. The second-order valence-electron chi connectivity index (χ2n) is 4.87. The van der Waals surface area contributed by atoms with E-state index in [-0.39, 0.29) is 0 Å². The van der Waals surface area contributed by atoms with Crippen molar-refractivity contribution in [3.05, 3.63) is 18.2 Å². The molecule has 1 aliphatic carbocycles. The van der Waals surface area contributed by atoms with Gasteiger partial charge in [-0.25, -0.2) is 4.98 Å². The zero-order chi connectivity index (χ0) is 12.4. The number of methoxy groups -OCH3 is 1. The first kappa shape index (κ1) is 11.8. The van der Waals surface area contributed by atoms with Gasteiger partial charge in [0.15, 0.2) is 5.13 Å². The van der Waals surface area contributed by atoms with E-state index >= 15 is 0 Å². The van der Waals surface area contributed by atoms with Gasteiger partial charge in [-0.05, 0) is 30.5 Å². The van der Waals surface area contributed by atoms with Crippen LogP contribution in [0.1, 0.15) is 25.7 Å². The smallest absolute Gasteiger partial charge is 0.183 e. The van der Waals surface area contributed by atoms with Gasteiger partial charge in [-0.3, -0.25) is 0 Å². The van der Waals surface area contributed by atoms with E-state index < -0.39 is 0 Å². The summed E-state index contributed by atoms with van der Waals surface area (Å²) >= 11 is 1.70. The molecule has 0 unspecified atom stereocenters. The quantitative estimate of drug-likeness (QED) is 0.887. The van der Waals surface area contributed by atoms with Gasteiger partial charge < -0.3 is 10.1 Å². The molecular weight excluding hydrogens is 244 g/mol. The lowest BCUT2D eigenvalue weighted by atomic mass is 9.83. The SMILES string of the molecule is COc1ccc2nc(NCCC3CCC3)sc2c1. The number of thiazole rings is 1. The van der Waals surface area contributed by atoms with Gasteiger partial charge in [-0.2, -0.15) is 0 Å². The second kappa shape index (κ2) is 5.14. The van der Waals surface area contributed by atoms with Gasteiger partial charge >= 0.3 is 0 Å². The molecule has 2 aromatic rings. The maximum atomic E-state index is 5.22. The van der Waals surface area contributed by atoms with Gasteiger partial charge in [0.25, 0.3) is 0 Å². The van der Waals surface area contributed by atoms with Crippen LogP contribution in [-0.4, -0.2) is 18.6 Å². The molecule has 0 radical (unpaired) electrons. The molecule has 0 bridgehead atoms. The van der Waals surface area contributed by atoms with E-state index in [1.54, 1.807) is 18.4 Å². The molecule has 96 valence electrons. The maximum Gasteiger partial charge on any atom is 0.183 e. The van der Waals surface area contributed by atoms with E-state index in [4.69, 9.17) is 4.74 Å². The number of fused-ring (bicyclic) bond motifs is 1. The molecule has 18 heavy (non-hydrogen) atoms. The fourth-order valence-electron chi connectivity index (χ4n) is 2.27. The third-order valence-corrected chi connectivity index (χ3v) is 4.63. The van der Waals surface area contributed by atoms with Crippen LogP contribution in [-0.2, 0) is 0 Å². The van der Waals surface area contributed by atoms with Crippen LogP contribution in [0.4, 0.5) is 5.13 Å². The van der Waals surface area contributed by atoms with Gasteiger partial charge in [0, 0.05) is 6.54 Å². The zero-order valence-electron chi connectivity index (χ0n) is 10.6. The number of aromatic nitrogens is 1. The lowest BCUT2D eigenvalue weighted by Gasteiger charge is -2.24. The first-order valence-electron chi connectivity index (χ1n) is 6.53. The van der Waals surface area contributed by atoms with Crippen molar-refractivity contribution in [2.24, 2.45) is 5.92 Å². The van der Waals surface area contributed by atoms with Crippen LogP contribution in [0.2, 0.25) is 0 Å². The summed E-state index contributed by atoms with van der Waals surface area (Å²) in [5.74, 6) is 1.85. The average Bonchev–Trinajstić information content (AvgIpc) is 2.73. The molecule has 1 fully saturated rings. The molecule has 4 heteroatoms. The number of nitrogens with zero attached hydrogens (tertiary/aromatic N) is 1. The van der Waals surface area contributed by atoms with Crippen molar-refractivity contribution in [2.45, 2.75) is 25.7 Å². The van der Waals surface area contributed by atoms with Gasteiger partial charge in [-0.15, -0.1) is 0 Å². The van der Waals surface area contributed by atoms with Crippen molar-refractivity contribution in [1.29, 1.82) is 0 Å². The minimum absolute atomic E-state index is 0.896. The zero-order valence-corrected chi connectivity index (χ0v) is 11.4. The first-order valence-corrected chi connectivity index (χ1v) is 7.35. The summed E-state index contributed by atoms with van der Waals surface area (Å²) in [5.41, 5.74) is 1.05. The number of hydrogen-bond acceptors (Lipinski definition) is 4. The minimum Gasteiger partial charge on any atom is -0.497 e. The van der Waals surface area contributed by atoms with E-state index in [1.165, 1.54) is 30.4 Å². The summed E-state index contributed by atoms with van der Waals surface area (Å²) in [6.07, 6.45) is 5.53. The third kappa shape index (κ3) is 2.43. The lowest BCUT2D eigenvalue weighted by Crippen LogP contribution is -2.15. The molecule has 1 aromatic heterocycles. The van der Waals surface area contributed by atoms with Gasteiger partial charge in [0.2, 0.25) is 0 Å². The Balaban J connectivity index is 1.64. The topological polar surface area (TPSA) is 34.1 Å². The van der Waals surface area contributed by atoms with Crippen LogP contribution in [0.5, 0.6) is 5.75 Å². The second-order valence-corrected chi connectivity index (χ2v) is 5.90. The molecule has 1 heterocycles. The van der Waals surface area contributed by atoms with Crippen LogP contribution in [0, 0.1) is 5.92 Å². The molecule has 0 spiro atoms. The highest BCUT2D eigenvalue weighted by atomic mass is 32.1. The predicted molar refractivity (Wildman–Crippen MR) is 76.6 cm³/mol. The number of nitrogens with one attached hydrogen (secondary N) is 1. The third-order valence-electron chi connectivity index (χ3n) is 3.65. The van der Waals surface area contributed by atoms with Crippen molar-refractivity contribution < 1.29 is 4.74 Å². The Morgan fingerprint density at radius 1 is 1.44 bits per heavy atom. The van der Waals surface area contributed by atoms with E-state index in [2.05, 4.69) is 10.3 Å². The van der Waals surface area contributed by atoms with Crippen LogP contribution in [0.3, 0.4) is 0 Å². The molecule has 0 atom stereocenters. The molecule has 1 saturated carbocycles. The molecule has 1 aliphatic rings. The van der Waals surface area contributed by atoms with Gasteiger partial charge in [0.1, 0.15) is 5.75 Å². The number of ether oxygens (including phenoxy) is 1. The maximum absolute atomic E-state index is 5.22. The van der Waals surface area contributed by atoms with E-state index in [9.17, 15) is 0 Å². The van der Waals surface area contributed by atoms with Crippen molar-refractivity contribution in [3.8, 4) is 5.75 Å². The Hall–Kier alpha value is -1.29. The number of anilines is 1. The molecule has 0 saturated heterocycles. The van der Waals surface area contributed by atoms with Gasteiger partial charge in [-0.1, -0.05) is 30.6 Å². The lowest BCUT2D eigenvalue weighted by molar-refractivity contribution is 0.303. The average molecular weight is 262 g/mol. The Kier molecular flexibility index (Phi) is 3.37. The summed E-state index contributed by atoms with van der Waals surface area (Å²) in [6.45, 7) is 1.04. The van der Waals surface area contributed by atoms with Crippen LogP contribution in [0.15, 0.2) is 18.2 Å². The Morgan fingerprint density at radius 3 is 3.06 bits per heavy atom. The Bertz CT molecular complexity index is 534. The van der Waals surface area contributed by atoms with Crippen molar-refractivity contribution in [2.75, 3.05) is 19.0 Å². The van der Waals surface area contributed by atoms with E-state index in [0.29, 0.717) is 0 Å². The molecular formula is C14H18N2OS. The highest BCUT2D eigenvalue weighted by Crippen LogP contribution is 2.31. The predicted octanol–water partition coefficient (Wildman–Crippen LogP) is 3.91. The van der Waals surface area contributed by atoms with Gasteiger partial charge in [0.05, 0.1) is 17.3 Å². The summed E-state index contributed by atoms with van der Waals surface area (Å²) in [4.78, 5) is 4.58. The fraction of sp³-hybridized carbons (Fsp3) is 0.500. The van der Waals surface area contributed by atoms with Crippen LogP contribution in [0.25, 0.3) is 10.2 Å².